The Hall–Kier alpha value is -1.92. The van der Waals surface area contributed by atoms with Crippen molar-refractivity contribution in [1.82, 2.24) is 14.3 Å². The van der Waals surface area contributed by atoms with Crippen LogP contribution in [0.5, 0.6) is 0 Å². The fraction of sp³-hybridized carbons (Fsp3) is 0.467. The summed E-state index contributed by atoms with van der Waals surface area (Å²) in [5.74, 6) is -0.311. The van der Waals surface area contributed by atoms with Crippen molar-refractivity contribution in [3.63, 3.8) is 0 Å². The van der Waals surface area contributed by atoms with E-state index in [1.165, 1.54) is 7.11 Å². The topological polar surface area (TPSA) is 56.1 Å². The second-order valence-corrected chi connectivity index (χ2v) is 5.19. The molecule has 1 fully saturated rings. The van der Waals surface area contributed by atoms with Gasteiger partial charge in [-0.1, -0.05) is 6.07 Å². The summed E-state index contributed by atoms with van der Waals surface area (Å²) >= 11 is 0. The van der Waals surface area contributed by atoms with E-state index in [0.717, 1.165) is 30.1 Å². The number of ether oxygens (including phenoxy) is 2. The first-order valence-corrected chi connectivity index (χ1v) is 7.03. The molecule has 3 rings (SSSR count). The fourth-order valence-corrected chi connectivity index (χ4v) is 2.69. The van der Waals surface area contributed by atoms with Crippen LogP contribution in [0.4, 0.5) is 0 Å². The van der Waals surface area contributed by atoms with Gasteiger partial charge in [0.05, 0.1) is 25.1 Å². The molecule has 1 saturated heterocycles. The van der Waals surface area contributed by atoms with E-state index in [9.17, 15) is 4.79 Å². The Kier molecular flexibility index (Phi) is 3.90. The number of pyridine rings is 1. The van der Waals surface area contributed by atoms with Gasteiger partial charge in [0.2, 0.25) is 0 Å². The van der Waals surface area contributed by atoms with Crippen molar-refractivity contribution < 1.29 is 14.3 Å². The number of morpholine rings is 1. The molecular formula is C15H19N3O3. The number of hydrogen-bond donors (Lipinski definition) is 0. The minimum atomic E-state index is -0.497. The molecule has 21 heavy (non-hydrogen) atoms. The average molecular weight is 289 g/mol. The molecule has 2 aromatic heterocycles. The van der Waals surface area contributed by atoms with Crippen LogP contribution < -0.4 is 0 Å². The first kappa shape index (κ1) is 14.0. The van der Waals surface area contributed by atoms with E-state index < -0.39 is 6.10 Å². The van der Waals surface area contributed by atoms with Crippen LogP contribution in [0.2, 0.25) is 0 Å². The molecule has 1 aliphatic rings. The van der Waals surface area contributed by atoms with E-state index in [2.05, 4.69) is 14.3 Å². The largest absolute Gasteiger partial charge is 0.467 e. The van der Waals surface area contributed by atoms with E-state index in [4.69, 9.17) is 9.47 Å². The van der Waals surface area contributed by atoms with E-state index in [1.54, 1.807) is 0 Å². The Morgan fingerprint density at radius 3 is 3.19 bits per heavy atom. The van der Waals surface area contributed by atoms with Crippen LogP contribution in [0.15, 0.2) is 24.4 Å². The van der Waals surface area contributed by atoms with Crippen molar-refractivity contribution in [2.75, 3.05) is 26.8 Å². The minimum absolute atomic E-state index is 0.311. The Labute approximate surface area is 123 Å². The van der Waals surface area contributed by atoms with Crippen molar-refractivity contribution in [3.8, 4) is 0 Å². The summed E-state index contributed by atoms with van der Waals surface area (Å²) in [6.45, 7) is 4.64. The van der Waals surface area contributed by atoms with Crippen LogP contribution in [-0.4, -0.2) is 53.2 Å². The highest BCUT2D eigenvalue weighted by Crippen LogP contribution is 2.16. The lowest BCUT2D eigenvalue weighted by molar-refractivity contribution is -0.160. The summed E-state index contributed by atoms with van der Waals surface area (Å²) in [5.41, 5.74) is 3.11. The maximum atomic E-state index is 11.6. The molecule has 0 radical (unpaired) electrons. The highest BCUT2D eigenvalue weighted by Gasteiger charge is 2.28. The molecular weight excluding hydrogens is 270 g/mol. The number of rotatable bonds is 3. The van der Waals surface area contributed by atoms with Crippen molar-refractivity contribution in [2.45, 2.75) is 19.6 Å². The number of carbonyl (C=O) groups is 1. The maximum absolute atomic E-state index is 11.6. The minimum Gasteiger partial charge on any atom is -0.467 e. The normalized spacial score (nSPS) is 19.8. The Bertz CT molecular complexity index is 653. The number of carbonyl (C=O) groups excluding carboxylic acids is 1. The number of fused-ring (bicyclic) bond motifs is 1. The number of aromatic nitrogens is 2. The Balaban J connectivity index is 1.79. The molecule has 0 bridgehead atoms. The third-order valence-corrected chi connectivity index (χ3v) is 3.82. The molecule has 112 valence electrons. The van der Waals surface area contributed by atoms with Crippen molar-refractivity contribution in [3.05, 3.63) is 35.8 Å². The lowest BCUT2D eigenvalue weighted by atomic mass is 10.2. The monoisotopic (exact) mass is 289 g/mol. The van der Waals surface area contributed by atoms with Gasteiger partial charge in [-0.2, -0.15) is 0 Å². The molecule has 0 spiro atoms. The van der Waals surface area contributed by atoms with Crippen molar-refractivity contribution in [1.29, 1.82) is 0 Å². The molecule has 0 N–H and O–H groups in total. The maximum Gasteiger partial charge on any atom is 0.336 e. The SMILES string of the molecule is COC(=O)[C@@H]1CN(Cc2c(C)nc3ccccn23)CCO1. The van der Waals surface area contributed by atoms with Gasteiger partial charge in [0.1, 0.15) is 5.65 Å². The lowest BCUT2D eigenvalue weighted by Crippen LogP contribution is -2.46. The zero-order chi connectivity index (χ0) is 14.8. The molecule has 2 aromatic rings. The van der Waals surface area contributed by atoms with Gasteiger partial charge < -0.3 is 13.9 Å². The number of esters is 1. The highest BCUT2D eigenvalue weighted by atomic mass is 16.6. The molecule has 6 heteroatoms. The number of aryl methyl sites for hydroxylation is 1. The molecule has 0 saturated carbocycles. The summed E-state index contributed by atoms with van der Waals surface area (Å²) in [4.78, 5) is 18.4. The molecule has 0 aromatic carbocycles. The Morgan fingerprint density at radius 2 is 2.38 bits per heavy atom. The van der Waals surface area contributed by atoms with Gasteiger partial charge >= 0.3 is 5.97 Å². The van der Waals surface area contributed by atoms with Gasteiger partial charge in [0.15, 0.2) is 6.10 Å². The molecule has 0 unspecified atom stereocenters. The van der Waals surface area contributed by atoms with Gasteiger partial charge in [-0.25, -0.2) is 9.78 Å². The highest BCUT2D eigenvalue weighted by molar-refractivity contribution is 5.74. The number of imidazole rings is 1. The zero-order valence-corrected chi connectivity index (χ0v) is 12.3. The van der Waals surface area contributed by atoms with Crippen LogP contribution in [0.1, 0.15) is 11.4 Å². The van der Waals surface area contributed by atoms with Gasteiger partial charge in [-0.3, -0.25) is 4.90 Å². The van der Waals surface area contributed by atoms with Gasteiger partial charge in [-0.15, -0.1) is 0 Å². The summed E-state index contributed by atoms with van der Waals surface area (Å²) in [7, 11) is 1.39. The van der Waals surface area contributed by atoms with E-state index in [1.807, 2.05) is 31.3 Å². The number of nitrogens with zero attached hydrogens (tertiary/aromatic N) is 3. The van der Waals surface area contributed by atoms with E-state index >= 15 is 0 Å². The summed E-state index contributed by atoms with van der Waals surface area (Å²) in [5, 5.41) is 0. The summed E-state index contributed by atoms with van der Waals surface area (Å²) < 4.78 is 12.3. The first-order chi connectivity index (χ1) is 10.2. The smallest absolute Gasteiger partial charge is 0.336 e. The second-order valence-electron chi connectivity index (χ2n) is 5.19. The van der Waals surface area contributed by atoms with E-state index in [0.29, 0.717) is 13.2 Å². The predicted molar refractivity (Wildman–Crippen MR) is 77.0 cm³/mol. The molecule has 0 aliphatic carbocycles. The quantitative estimate of drug-likeness (QED) is 0.790. The number of methoxy groups -OCH3 is 1. The molecule has 3 heterocycles. The first-order valence-electron chi connectivity index (χ1n) is 7.03. The summed E-state index contributed by atoms with van der Waals surface area (Å²) in [6.07, 6.45) is 1.52. The predicted octanol–water partition coefficient (Wildman–Crippen LogP) is 1.02. The molecule has 1 aliphatic heterocycles. The fourth-order valence-electron chi connectivity index (χ4n) is 2.69. The van der Waals surface area contributed by atoms with E-state index in [-0.39, 0.29) is 5.97 Å². The average Bonchev–Trinajstić information content (AvgIpc) is 2.83. The van der Waals surface area contributed by atoms with Gasteiger partial charge in [0.25, 0.3) is 0 Å². The Morgan fingerprint density at radius 1 is 1.52 bits per heavy atom. The van der Waals surface area contributed by atoms with Crippen molar-refractivity contribution >= 4 is 11.6 Å². The van der Waals surface area contributed by atoms with Crippen LogP contribution >= 0.6 is 0 Å². The van der Waals surface area contributed by atoms with Crippen LogP contribution in [-0.2, 0) is 20.8 Å². The second kappa shape index (κ2) is 5.83. The third-order valence-electron chi connectivity index (χ3n) is 3.82. The standard InChI is InChI=1S/C15H19N3O3/c1-11-12(18-6-4-3-5-14(18)16-11)9-17-7-8-21-13(10-17)15(19)20-2/h3-6,13H,7-10H2,1-2H3/t13-/m0/s1. The zero-order valence-electron chi connectivity index (χ0n) is 12.3. The van der Waals surface area contributed by atoms with Gasteiger partial charge in [0, 0.05) is 25.8 Å². The molecule has 0 amide bonds. The molecule has 6 nitrogen and oxygen atoms in total. The van der Waals surface area contributed by atoms with Crippen molar-refractivity contribution in [2.24, 2.45) is 0 Å². The summed E-state index contributed by atoms with van der Waals surface area (Å²) in [6, 6.07) is 5.97. The van der Waals surface area contributed by atoms with Gasteiger partial charge in [-0.05, 0) is 19.1 Å². The number of hydrogen-bond acceptors (Lipinski definition) is 5. The molecule has 1 atom stereocenters. The lowest BCUT2D eigenvalue weighted by Gasteiger charge is -2.31. The third kappa shape index (κ3) is 2.77. The van der Waals surface area contributed by atoms with Crippen LogP contribution in [0, 0.1) is 6.92 Å². The van der Waals surface area contributed by atoms with Crippen LogP contribution in [0.25, 0.3) is 5.65 Å². The van der Waals surface area contributed by atoms with Crippen LogP contribution in [0.3, 0.4) is 0 Å².